The van der Waals surface area contributed by atoms with Crippen LogP contribution in [0.5, 0.6) is 5.75 Å². The molecule has 0 bridgehead atoms. The topological polar surface area (TPSA) is 89.0 Å². The van der Waals surface area contributed by atoms with Crippen molar-refractivity contribution in [2.24, 2.45) is 0 Å². The number of nitrogens with zero attached hydrogens (tertiary/aromatic N) is 2. The Bertz CT molecular complexity index is 1190. The van der Waals surface area contributed by atoms with Crippen LogP contribution >= 0.6 is 0 Å². The van der Waals surface area contributed by atoms with Crippen molar-refractivity contribution in [2.75, 3.05) is 7.11 Å². The first kappa shape index (κ1) is 16.8. The highest BCUT2D eigenvalue weighted by Gasteiger charge is 2.12. The molecule has 1 amide bonds. The van der Waals surface area contributed by atoms with Gasteiger partial charge in [-0.05, 0) is 12.1 Å². The Labute approximate surface area is 154 Å². The number of aromatic nitrogens is 3. The van der Waals surface area contributed by atoms with Crippen LogP contribution in [0.2, 0.25) is 0 Å². The lowest BCUT2D eigenvalue weighted by Gasteiger charge is -2.10. The summed E-state index contributed by atoms with van der Waals surface area (Å²) in [7, 11) is 1.58. The lowest BCUT2D eigenvalue weighted by atomic mass is 10.2. The summed E-state index contributed by atoms with van der Waals surface area (Å²) in [6.07, 6.45) is 1.41. The van der Waals surface area contributed by atoms with E-state index in [0.29, 0.717) is 23.3 Å². The molecule has 0 saturated heterocycles. The fourth-order valence-electron chi connectivity index (χ4n) is 3.11. The third kappa shape index (κ3) is 3.15. The third-order valence-electron chi connectivity index (χ3n) is 4.46. The predicted octanol–water partition coefficient (Wildman–Crippen LogP) is 2.20. The number of H-pyrrole nitrogens is 1. The summed E-state index contributed by atoms with van der Waals surface area (Å²) in [4.78, 5) is 32.4. The van der Waals surface area contributed by atoms with Crippen LogP contribution < -0.4 is 15.6 Å². The van der Waals surface area contributed by atoms with Crippen LogP contribution in [0.4, 0.5) is 0 Å². The van der Waals surface area contributed by atoms with Gasteiger partial charge in [0, 0.05) is 23.0 Å². The van der Waals surface area contributed by atoms with Crippen LogP contribution in [0.25, 0.3) is 21.9 Å². The monoisotopic (exact) mass is 362 g/mol. The summed E-state index contributed by atoms with van der Waals surface area (Å²) in [5.41, 5.74) is 2.45. The number of para-hydroxylation sites is 2. The molecule has 7 nitrogen and oxygen atoms in total. The van der Waals surface area contributed by atoms with Crippen LogP contribution in [0.1, 0.15) is 5.56 Å². The number of aromatic amines is 1. The van der Waals surface area contributed by atoms with Gasteiger partial charge in [0.2, 0.25) is 5.91 Å². The number of carbonyl (C=O) groups excluding carboxylic acids is 1. The Morgan fingerprint density at radius 1 is 1.19 bits per heavy atom. The van der Waals surface area contributed by atoms with E-state index >= 15 is 0 Å². The van der Waals surface area contributed by atoms with Crippen molar-refractivity contribution in [3.63, 3.8) is 0 Å². The Kier molecular flexibility index (Phi) is 4.33. The van der Waals surface area contributed by atoms with Gasteiger partial charge in [-0.2, -0.15) is 0 Å². The average molecular weight is 362 g/mol. The zero-order chi connectivity index (χ0) is 18.8. The van der Waals surface area contributed by atoms with E-state index in [1.165, 1.54) is 10.9 Å². The molecule has 0 fully saturated rings. The van der Waals surface area contributed by atoms with E-state index in [0.717, 1.165) is 16.5 Å². The molecule has 2 aromatic carbocycles. The summed E-state index contributed by atoms with van der Waals surface area (Å²) in [5.74, 6) is 0.427. The Morgan fingerprint density at radius 2 is 1.96 bits per heavy atom. The number of methoxy groups -OCH3 is 1. The molecule has 27 heavy (non-hydrogen) atoms. The van der Waals surface area contributed by atoms with Crippen LogP contribution in [0.3, 0.4) is 0 Å². The van der Waals surface area contributed by atoms with Crippen molar-refractivity contribution < 1.29 is 9.53 Å². The molecular formula is C20H18N4O3. The van der Waals surface area contributed by atoms with E-state index in [1.807, 2.05) is 48.5 Å². The lowest BCUT2D eigenvalue weighted by Crippen LogP contribution is -2.32. The number of amides is 1. The summed E-state index contributed by atoms with van der Waals surface area (Å²) >= 11 is 0. The summed E-state index contributed by atoms with van der Waals surface area (Å²) in [5, 5.41) is 3.69. The van der Waals surface area contributed by atoms with Gasteiger partial charge in [-0.25, -0.2) is 4.98 Å². The summed E-state index contributed by atoms with van der Waals surface area (Å²) in [6.45, 7) is 0.214. The van der Waals surface area contributed by atoms with Gasteiger partial charge >= 0.3 is 0 Å². The molecule has 136 valence electrons. The third-order valence-corrected chi connectivity index (χ3v) is 4.46. The first-order valence-electron chi connectivity index (χ1n) is 8.52. The molecule has 2 aromatic heterocycles. The first-order valence-corrected chi connectivity index (χ1v) is 8.52. The highest BCUT2D eigenvalue weighted by Crippen LogP contribution is 2.20. The SMILES string of the molecule is COc1ccccc1CNC(=O)Cn1cnc2c([nH]c3ccccc32)c1=O. The van der Waals surface area contributed by atoms with Crippen LogP contribution in [-0.4, -0.2) is 27.6 Å². The lowest BCUT2D eigenvalue weighted by molar-refractivity contribution is -0.121. The van der Waals surface area contributed by atoms with Crippen molar-refractivity contribution in [1.82, 2.24) is 19.9 Å². The minimum Gasteiger partial charge on any atom is -0.496 e. The van der Waals surface area contributed by atoms with Crippen molar-refractivity contribution in [1.29, 1.82) is 0 Å². The van der Waals surface area contributed by atoms with Gasteiger partial charge in [0.05, 0.1) is 13.4 Å². The molecule has 0 unspecified atom stereocenters. The molecule has 0 aliphatic rings. The molecule has 4 rings (SSSR count). The number of fused-ring (bicyclic) bond motifs is 3. The standard InChI is InChI=1S/C20H18N4O3/c1-27-16-9-5-2-6-13(16)10-21-17(25)11-24-12-22-18-14-7-3-4-8-15(14)23-19(18)20(24)26/h2-9,12,23H,10-11H2,1H3,(H,21,25). The minimum absolute atomic E-state index is 0.105. The van der Waals surface area contributed by atoms with E-state index in [-0.39, 0.29) is 18.0 Å². The molecular weight excluding hydrogens is 344 g/mol. The fourth-order valence-corrected chi connectivity index (χ4v) is 3.11. The van der Waals surface area contributed by atoms with Crippen molar-refractivity contribution >= 4 is 27.8 Å². The van der Waals surface area contributed by atoms with Crippen LogP contribution in [0.15, 0.2) is 59.7 Å². The fraction of sp³-hybridized carbons (Fsp3) is 0.150. The zero-order valence-corrected chi connectivity index (χ0v) is 14.7. The normalized spacial score (nSPS) is 11.0. The number of benzene rings is 2. The van der Waals surface area contributed by atoms with Crippen molar-refractivity contribution in [3.05, 3.63) is 70.8 Å². The van der Waals surface area contributed by atoms with Gasteiger partial charge < -0.3 is 15.0 Å². The average Bonchev–Trinajstić information content (AvgIpc) is 3.08. The van der Waals surface area contributed by atoms with Gasteiger partial charge in [-0.3, -0.25) is 14.2 Å². The van der Waals surface area contributed by atoms with Gasteiger partial charge in [-0.1, -0.05) is 36.4 Å². The molecule has 0 aliphatic carbocycles. The molecule has 2 N–H and O–H groups in total. The Morgan fingerprint density at radius 3 is 2.81 bits per heavy atom. The van der Waals surface area contributed by atoms with E-state index in [2.05, 4.69) is 15.3 Å². The van der Waals surface area contributed by atoms with Crippen molar-refractivity contribution in [2.45, 2.75) is 13.1 Å². The second kappa shape index (κ2) is 6.95. The number of carbonyl (C=O) groups is 1. The summed E-state index contributed by atoms with van der Waals surface area (Å²) < 4.78 is 6.57. The number of ether oxygens (including phenoxy) is 1. The maximum Gasteiger partial charge on any atom is 0.278 e. The molecule has 7 heteroatoms. The second-order valence-corrected chi connectivity index (χ2v) is 6.16. The maximum atomic E-state index is 12.7. The Balaban J connectivity index is 1.54. The molecule has 0 aliphatic heterocycles. The minimum atomic E-state index is -0.278. The van der Waals surface area contributed by atoms with Gasteiger partial charge in [0.15, 0.2) is 0 Å². The van der Waals surface area contributed by atoms with E-state index < -0.39 is 0 Å². The summed E-state index contributed by atoms with van der Waals surface area (Å²) in [6, 6.07) is 15.0. The number of hydrogen-bond donors (Lipinski definition) is 2. The molecule has 0 saturated carbocycles. The van der Waals surface area contributed by atoms with E-state index in [1.54, 1.807) is 7.11 Å². The van der Waals surface area contributed by atoms with Gasteiger partial charge in [-0.15, -0.1) is 0 Å². The van der Waals surface area contributed by atoms with Crippen LogP contribution in [0, 0.1) is 0 Å². The molecule has 4 aromatic rings. The first-order chi connectivity index (χ1) is 13.2. The van der Waals surface area contributed by atoms with Gasteiger partial charge in [0.1, 0.15) is 23.3 Å². The van der Waals surface area contributed by atoms with E-state index in [9.17, 15) is 9.59 Å². The quantitative estimate of drug-likeness (QED) is 0.570. The Hall–Kier alpha value is -3.61. The highest BCUT2D eigenvalue weighted by molar-refractivity contribution is 6.04. The van der Waals surface area contributed by atoms with Crippen LogP contribution in [-0.2, 0) is 17.9 Å². The smallest absolute Gasteiger partial charge is 0.278 e. The molecule has 0 radical (unpaired) electrons. The van der Waals surface area contributed by atoms with Gasteiger partial charge in [0.25, 0.3) is 5.56 Å². The van der Waals surface area contributed by atoms with Crippen molar-refractivity contribution in [3.8, 4) is 5.75 Å². The molecule has 0 spiro atoms. The molecule has 2 heterocycles. The largest absolute Gasteiger partial charge is 0.496 e. The number of hydrogen-bond acceptors (Lipinski definition) is 4. The van der Waals surface area contributed by atoms with E-state index in [4.69, 9.17) is 4.74 Å². The highest BCUT2D eigenvalue weighted by atomic mass is 16.5. The zero-order valence-electron chi connectivity index (χ0n) is 14.7. The number of rotatable bonds is 5. The second-order valence-electron chi connectivity index (χ2n) is 6.16. The molecule has 0 atom stereocenters. The number of nitrogens with one attached hydrogen (secondary N) is 2. The predicted molar refractivity (Wildman–Crippen MR) is 103 cm³/mol. The maximum absolute atomic E-state index is 12.7.